The molecule has 0 unspecified atom stereocenters. The van der Waals surface area contributed by atoms with Crippen molar-refractivity contribution in [1.82, 2.24) is 9.97 Å². The van der Waals surface area contributed by atoms with Crippen molar-refractivity contribution < 1.29 is 0 Å². The molecule has 3 nitrogen and oxygen atoms in total. The van der Waals surface area contributed by atoms with Crippen molar-refractivity contribution in [2.24, 2.45) is 0 Å². The lowest BCUT2D eigenvalue weighted by Gasteiger charge is -2.12. The van der Waals surface area contributed by atoms with Crippen LogP contribution in [0.2, 0.25) is 0 Å². The number of nitrogens with one attached hydrogen (secondary N) is 1. The lowest BCUT2D eigenvalue weighted by Crippen LogP contribution is -2.03. The maximum Gasteiger partial charge on any atom is 0.143 e. The Balaban J connectivity index is 1.82. The van der Waals surface area contributed by atoms with E-state index in [-0.39, 0.29) is 0 Å². The first-order valence-corrected chi connectivity index (χ1v) is 9.56. The summed E-state index contributed by atoms with van der Waals surface area (Å²) in [7, 11) is 0. The number of hydrogen-bond donors (Lipinski definition) is 1. The highest BCUT2D eigenvalue weighted by Crippen LogP contribution is 2.35. The number of hydrogen-bond acceptors (Lipinski definition) is 4. The fourth-order valence-electron chi connectivity index (χ4n) is 3.08. The molecule has 0 aliphatic carbocycles. The van der Waals surface area contributed by atoms with Crippen molar-refractivity contribution >= 4 is 33.1 Å². The van der Waals surface area contributed by atoms with Crippen molar-refractivity contribution in [1.29, 1.82) is 0 Å². The van der Waals surface area contributed by atoms with Crippen LogP contribution < -0.4 is 5.32 Å². The zero-order valence-electron chi connectivity index (χ0n) is 15.2. The highest BCUT2D eigenvalue weighted by Gasteiger charge is 2.15. The van der Waals surface area contributed by atoms with Gasteiger partial charge in [-0.05, 0) is 43.5 Å². The van der Waals surface area contributed by atoms with Crippen LogP contribution in [0.15, 0.2) is 54.6 Å². The summed E-state index contributed by atoms with van der Waals surface area (Å²) in [6, 6.07) is 18.7. The van der Waals surface area contributed by atoms with E-state index in [1.165, 1.54) is 21.6 Å². The summed E-state index contributed by atoms with van der Waals surface area (Å²) in [4.78, 5) is 12.1. The molecule has 4 rings (SSSR count). The molecule has 4 heteroatoms. The van der Waals surface area contributed by atoms with Crippen LogP contribution in [-0.4, -0.2) is 9.97 Å². The van der Waals surface area contributed by atoms with E-state index in [9.17, 15) is 0 Å². The van der Waals surface area contributed by atoms with Gasteiger partial charge >= 0.3 is 0 Å². The Morgan fingerprint density at radius 3 is 2.38 bits per heavy atom. The minimum atomic E-state index is 0.731. The van der Waals surface area contributed by atoms with Gasteiger partial charge in [0.15, 0.2) is 0 Å². The van der Waals surface area contributed by atoms with Crippen molar-refractivity contribution in [3.8, 4) is 0 Å². The van der Waals surface area contributed by atoms with E-state index in [4.69, 9.17) is 9.97 Å². The molecule has 26 heavy (non-hydrogen) atoms. The monoisotopic (exact) mass is 359 g/mol. The van der Waals surface area contributed by atoms with Gasteiger partial charge in [0.05, 0.1) is 5.39 Å². The summed E-state index contributed by atoms with van der Waals surface area (Å²) >= 11 is 1.74. The van der Waals surface area contributed by atoms with Crippen LogP contribution in [-0.2, 0) is 6.42 Å². The van der Waals surface area contributed by atoms with Gasteiger partial charge in [-0.15, -0.1) is 11.3 Å². The van der Waals surface area contributed by atoms with E-state index in [0.29, 0.717) is 0 Å². The van der Waals surface area contributed by atoms with E-state index >= 15 is 0 Å². The fourth-order valence-corrected chi connectivity index (χ4v) is 4.13. The SMILES string of the molecule is Cc1ccccc1Nc1nc(Cc2ccccc2)nc2sc(C)c(C)c12. The van der Waals surface area contributed by atoms with Crippen LogP contribution in [0.4, 0.5) is 11.5 Å². The highest BCUT2D eigenvalue weighted by molar-refractivity contribution is 7.18. The van der Waals surface area contributed by atoms with Gasteiger partial charge in [-0.25, -0.2) is 9.97 Å². The largest absolute Gasteiger partial charge is 0.339 e. The molecule has 2 aromatic carbocycles. The van der Waals surface area contributed by atoms with Crippen molar-refractivity contribution in [2.75, 3.05) is 5.32 Å². The second-order valence-corrected chi connectivity index (χ2v) is 7.76. The maximum absolute atomic E-state index is 4.89. The van der Waals surface area contributed by atoms with Gasteiger partial charge in [-0.1, -0.05) is 48.5 Å². The summed E-state index contributed by atoms with van der Waals surface area (Å²) in [5.74, 6) is 1.75. The smallest absolute Gasteiger partial charge is 0.143 e. The maximum atomic E-state index is 4.89. The lowest BCUT2D eigenvalue weighted by molar-refractivity contribution is 0.999. The first kappa shape index (κ1) is 16.7. The molecule has 0 radical (unpaired) electrons. The Hall–Kier alpha value is -2.72. The minimum Gasteiger partial charge on any atom is -0.339 e. The number of nitrogens with zero attached hydrogens (tertiary/aromatic N) is 2. The first-order chi connectivity index (χ1) is 12.6. The average molecular weight is 359 g/mol. The minimum absolute atomic E-state index is 0.731. The Bertz CT molecular complexity index is 1070. The Labute approximate surface area is 157 Å². The summed E-state index contributed by atoms with van der Waals surface area (Å²) in [6.45, 7) is 6.41. The van der Waals surface area contributed by atoms with Crippen LogP contribution in [0, 0.1) is 20.8 Å². The van der Waals surface area contributed by atoms with Gasteiger partial charge in [0.2, 0.25) is 0 Å². The molecule has 0 bridgehead atoms. The van der Waals surface area contributed by atoms with E-state index in [1.807, 2.05) is 12.1 Å². The second-order valence-electron chi connectivity index (χ2n) is 6.55. The second kappa shape index (κ2) is 6.89. The predicted molar refractivity (Wildman–Crippen MR) is 111 cm³/mol. The highest BCUT2D eigenvalue weighted by atomic mass is 32.1. The molecule has 1 N–H and O–H groups in total. The third-order valence-electron chi connectivity index (χ3n) is 4.68. The third kappa shape index (κ3) is 3.20. The topological polar surface area (TPSA) is 37.8 Å². The molecular formula is C22H21N3S. The van der Waals surface area contributed by atoms with Crippen LogP contribution >= 0.6 is 11.3 Å². The lowest BCUT2D eigenvalue weighted by atomic mass is 10.1. The third-order valence-corrected chi connectivity index (χ3v) is 5.78. The van der Waals surface area contributed by atoms with Gasteiger partial charge in [0.25, 0.3) is 0 Å². The zero-order valence-corrected chi connectivity index (χ0v) is 16.0. The summed E-state index contributed by atoms with van der Waals surface area (Å²) in [5.41, 5.74) is 4.76. The number of para-hydroxylation sites is 1. The number of benzene rings is 2. The van der Waals surface area contributed by atoms with Gasteiger partial charge in [-0.3, -0.25) is 0 Å². The number of rotatable bonds is 4. The molecule has 0 aliphatic heterocycles. The van der Waals surface area contributed by atoms with Gasteiger partial charge in [-0.2, -0.15) is 0 Å². The van der Waals surface area contributed by atoms with E-state index in [1.54, 1.807) is 11.3 Å². The normalized spacial score (nSPS) is 11.0. The molecule has 130 valence electrons. The van der Waals surface area contributed by atoms with E-state index in [0.717, 1.165) is 34.0 Å². The molecule has 0 saturated carbocycles. The standard InChI is InChI=1S/C22H21N3S/c1-14-9-7-8-12-18(14)23-21-20-15(2)16(3)26-22(20)25-19(24-21)13-17-10-5-4-6-11-17/h4-12H,13H2,1-3H3,(H,23,24,25). The zero-order chi connectivity index (χ0) is 18.1. The summed E-state index contributed by atoms with van der Waals surface area (Å²) in [6.07, 6.45) is 0.731. The van der Waals surface area contributed by atoms with E-state index in [2.05, 4.69) is 68.6 Å². The quantitative estimate of drug-likeness (QED) is 0.489. The molecule has 2 heterocycles. The Kier molecular flexibility index (Phi) is 4.43. The molecule has 0 saturated heterocycles. The fraction of sp³-hybridized carbons (Fsp3) is 0.182. The summed E-state index contributed by atoms with van der Waals surface area (Å²) < 4.78 is 0. The first-order valence-electron chi connectivity index (χ1n) is 8.75. The number of thiophene rings is 1. The van der Waals surface area contributed by atoms with Crippen LogP contribution in [0.1, 0.15) is 27.4 Å². The molecule has 2 aromatic heterocycles. The van der Waals surface area contributed by atoms with Crippen molar-refractivity contribution in [2.45, 2.75) is 27.2 Å². The molecular weight excluding hydrogens is 338 g/mol. The van der Waals surface area contributed by atoms with Crippen molar-refractivity contribution in [3.63, 3.8) is 0 Å². The number of aryl methyl sites for hydroxylation is 3. The number of fused-ring (bicyclic) bond motifs is 1. The number of anilines is 2. The molecule has 0 aliphatic rings. The van der Waals surface area contributed by atoms with Crippen LogP contribution in [0.3, 0.4) is 0 Å². The molecule has 4 aromatic rings. The Morgan fingerprint density at radius 2 is 1.62 bits per heavy atom. The number of aromatic nitrogens is 2. The van der Waals surface area contributed by atoms with Crippen LogP contribution in [0.5, 0.6) is 0 Å². The molecule has 0 atom stereocenters. The van der Waals surface area contributed by atoms with Gasteiger partial charge in [0.1, 0.15) is 16.5 Å². The molecule has 0 spiro atoms. The average Bonchev–Trinajstić information content (AvgIpc) is 2.92. The predicted octanol–water partition coefficient (Wildman–Crippen LogP) is 5.95. The van der Waals surface area contributed by atoms with Gasteiger partial charge < -0.3 is 5.32 Å². The molecule has 0 amide bonds. The van der Waals surface area contributed by atoms with Gasteiger partial charge in [0, 0.05) is 17.0 Å². The Morgan fingerprint density at radius 1 is 0.885 bits per heavy atom. The molecule has 0 fully saturated rings. The summed E-state index contributed by atoms with van der Waals surface area (Å²) in [5, 5.41) is 4.68. The van der Waals surface area contributed by atoms with Crippen molar-refractivity contribution in [3.05, 3.63) is 82.0 Å². The van der Waals surface area contributed by atoms with Crippen LogP contribution in [0.25, 0.3) is 10.2 Å². The van der Waals surface area contributed by atoms with E-state index < -0.39 is 0 Å².